The zero-order valence-corrected chi connectivity index (χ0v) is 25.8. The topological polar surface area (TPSA) is 138 Å². The first-order chi connectivity index (χ1) is 19.9. The number of hydrogen-bond donors (Lipinski definition) is 5. The van der Waals surface area contributed by atoms with Crippen LogP contribution in [0.15, 0.2) is 0 Å². The van der Waals surface area contributed by atoms with Crippen molar-refractivity contribution in [2.24, 2.45) is 52.3 Å². The largest absolute Gasteiger partial charge is 0.394 e. The van der Waals surface area contributed by atoms with Crippen LogP contribution in [0.25, 0.3) is 0 Å². The average Bonchev–Trinajstić information content (AvgIpc) is 3.41. The van der Waals surface area contributed by atoms with E-state index in [1.54, 1.807) is 0 Å². The summed E-state index contributed by atoms with van der Waals surface area (Å²) >= 11 is 0. The van der Waals surface area contributed by atoms with Gasteiger partial charge in [0.05, 0.1) is 31.5 Å². The van der Waals surface area contributed by atoms with Crippen LogP contribution in [0.2, 0.25) is 0 Å². The number of fused-ring (bicyclic) bond motifs is 7. The zero-order valence-electron chi connectivity index (χ0n) is 25.8. The van der Waals surface area contributed by atoms with Crippen LogP contribution in [0.4, 0.5) is 0 Å². The molecule has 0 aromatic heterocycles. The Hall–Kier alpha value is -0.360. The zero-order chi connectivity index (χ0) is 29.8. The first-order valence-electron chi connectivity index (χ1n) is 16.9. The first-order valence-corrected chi connectivity index (χ1v) is 16.9. The van der Waals surface area contributed by atoms with Gasteiger partial charge in [-0.25, -0.2) is 0 Å². The Labute approximate surface area is 250 Å². The minimum Gasteiger partial charge on any atom is -0.394 e. The predicted molar refractivity (Wildman–Crippen MR) is 152 cm³/mol. The monoisotopic (exact) mass is 594 g/mol. The van der Waals surface area contributed by atoms with Crippen LogP contribution in [0.5, 0.6) is 0 Å². The van der Waals surface area contributed by atoms with Gasteiger partial charge in [0, 0.05) is 18.8 Å². The molecule has 0 amide bonds. The van der Waals surface area contributed by atoms with Gasteiger partial charge in [0.1, 0.15) is 24.4 Å². The van der Waals surface area contributed by atoms with Crippen molar-refractivity contribution >= 4 is 0 Å². The second kappa shape index (κ2) is 10.6. The molecule has 4 aliphatic carbocycles. The Morgan fingerprint density at radius 2 is 1.64 bits per heavy atom. The highest BCUT2D eigenvalue weighted by Gasteiger charge is 2.70. The molecule has 1 spiro atoms. The summed E-state index contributed by atoms with van der Waals surface area (Å²) in [6.45, 7) is 9.82. The number of ether oxygens (including phenoxy) is 4. The van der Waals surface area contributed by atoms with Crippen molar-refractivity contribution in [2.45, 2.75) is 140 Å². The molecule has 3 heterocycles. The molecule has 3 saturated heterocycles. The van der Waals surface area contributed by atoms with E-state index in [4.69, 9.17) is 18.9 Å². The number of rotatable bonds is 3. The van der Waals surface area contributed by atoms with E-state index in [0.29, 0.717) is 47.8 Å². The van der Waals surface area contributed by atoms with E-state index in [-0.39, 0.29) is 23.0 Å². The first kappa shape index (κ1) is 30.3. The van der Waals surface area contributed by atoms with Crippen molar-refractivity contribution in [2.75, 3.05) is 13.2 Å². The minimum atomic E-state index is -1.47. The van der Waals surface area contributed by atoms with Crippen LogP contribution in [0.1, 0.15) is 85.5 Å². The predicted octanol–water partition coefficient (Wildman–Crippen LogP) is 2.59. The molecule has 7 aliphatic rings. The molecule has 7 fully saturated rings. The molecule has 9 heteroatoms. The Kier molecular flexibility index (Phi) is 7.64. The second-order valence-corrected chi connectivity index (χ2v) is 16.0. The summed E-state index contributed by atoms with van der Waals surface area (Å²) in [5.41, 5.74) is 0.0340. The number of aliphatic hydroxyl groups excluding tert-OH is 5. The minimum absolute atomic E-state index is 0.201. The molecule has 7 rings (SSSR count). The standard InChI is InChI=1S/C33H54O9/c1-16-7-10-33(39-15-16)17(2)26-23(42-33)13-22-20-6-5-18-11-19(40-30-29(38)28(37)27(36)24(14-34)41-30)12-25(35)32(18,4)21(20)8-9-31(22,26)3/h16-30,34-38H,5-15H2,1-4H3/t16-,17+,18-,19-,20-,21+,22+,23+,24-,25-,26+,27-,28+,29-,30-,31+,32+,33-/m1/s1. The highest BCUT2D eigenvalue weighted by Crippen LogP contribution is 2.71. The summed E-state index contributed by atoms with van der Waals surface area (Å²) in [4.78, 5) is 0. The third kappa shape index (κ3) is 4.28. The quantitative estimate of drug-likeness (QED) is 0.312. The SMILES string of the molecule is C[C@@H]1CC[C@@]2(OC1)O[C@H]1C[C@H]3[C@@H]4CC[C@@H]5C[C@@H](O[C@@H]6O[C@H](CO)[C@@H](O)[C@H](O)[C@H]6O)C[C@@H](O)[C@]5(C)[C@H]4CC[C@]3(C)[C@H]1[C@@H]2C. The van der Waals surface area contributed by atoms with Gasteiger partial charge in [-0.3, -0.25) is 0 Å². The van der Waals surface area contributed by atoms with Crippen molar-refractivity contribution in [3.8, 4) is 0 Å². The normalized spacial score (nSPS) is 60.9. The van der Waals surface area contributed by atoms with Gasteiger partial charge >= 0.3 is 0 Å². The highest BCUT2D eigenvalue weighted by atomic mass is 16.7. The molecule has 18 atom stereocenters. The fourth-order valence-corrected chi connectivity index (χ4v) is 11.8. The molecule has 0 radical (unpaired) electrons. The van der Waals surface area contributed by atoms with E-state index in [1.807, 2.05) is 0 Å². The van der Waals surface area contributed by atoms with Gasteiger partial charge in [0.2, 0.25) is 0 Å². The molecular weight excluding hydrogens is 540 g/mol. The Morgan fingerprint density at radius 3 is 2.36 bits per heavy atom. The molecule has 0 bridgehead atoms. The van der Waals surface area contributed by atoms with E-state index in [9.17, 15) is 25.5 Å². The van der Waals surface area contributed by atoms with Crippen LogP contribution >= 0.6 is 0 Å². The number of hydrogen-bond acceptors (Lipinski definition) is 9. The molecule has 3 aliphatic heterocycles. The fraction of sp³-hybridized carbons (Fsp3) is 1.00. The van der Waals surface area contributed by atoms with Gasteiger partial charge in [-0.15, -0.1) is 0 Å². The fourth-order valence-electron chi connectivity index (χ4n) is 11.8. The lowest BCUT2D eigenvalue weighted by Gasteiger charge is -2.62. The van der Waals surface area contributed by atoms with Gasteiger partial charge in [-0.05, 0) is 91.3 Å². The van der Waals surface area contributed by atoms with Crippen molar-refractivity contribution in [3.05, 3.63) is 0 Å². The van der Waals surface area contributed by atoms with E-state index in [2.05, 4.69) is 27.7 Å². The maximum absolute atomic E-state index is 11.8. The molecular formula is C33H54O9. The Morgan fingerprint density at radius 1 is 0.857 bits per heavy atom. The average molecular weight is 595 g/mol. The van der Waals surface area contributed by atoms with Crippen molar-refractivity contribution in [1.82, 2.24) is 0 Å². The summed E-state index contributed by atoms with van der Waals surface area (Å²) in [6, 6.07) is 0. The summed E-state index contributed by atoms with van der Waals surface area (Å²) in [5.74, 6) is 3.04. The van der Waals surface area contributed by atoms with Crippen LogP contribution in [-0.4, -0.2) is 93.6 Å². The summed E-state index contributed by atoms with van der Waals surface area (Å²) in [6.07, 6.45) is 1.89. The van der Waals surface area contributed by atoms with Gasteiger partial charge in [0.25, 0.3) is 0 Å². The van der Waals surface area contributed by atoms with Crippen LogP contribution in [0, 0.1) is 52.3 Å². The van der Waals surface area contributed by atoms with E-state index in [0.717, 1.165) is 45.1 Å². The summed E-state index contributed by atoms with van der Waals surface area (Å²) < 4.78 is 25.2. The van der Waals surface area contributed by atoms with E-state index >= 15 is 0 Å². The third-order valence-electron chi connectivity index (χ3n) is 14.2. The van der Waals surface area contributed by atoms with Gasteiger partial charge < -0.3 is 44.5 Å². The van der Waals surface area contributed by atoms with E-state index in [1.165, 1.54) is 12.8 Å². The molecule has 5 N–H and O–H groups in total. The summed E-state index contributed by atoms with van der Waals surface area (Å²) in [7, 11) is 0. The lowest BCUT2D eigenvalue weighted by molar-refractivity contribution is -0.320. The van der Waals surface area contributed by atoms with Gasteiger partial charge in [-0.2, -0.15) is 0 Å². The molecule has 9 nitrogen and oxygen atoms in total. The lowest BCUT2D eigenvalue weighted by atomic mass is 9.43. The van der Waals surface area contributed by atoms with Crippen LogP contribution in [0.3, 0.4) is 0 Å². The molecule has 240 valence electrons. The van der Waals surface area contributed by atoms with Crippen molar-refractivity contribution in [1.29, 1.82) is 0 Å². The van der Waals surface area contributed by atoms with Crippen molar-refractivity contribution in [3.63, 3.8) is 0 Å². The van der Waals surface area contributed by atoms with Crippen molar-refractivity contribution < 1.29 is 44.5 Å². The third-order valence-corrected chi connectivity index (χ3v) is 14.2. The van der Waals surface area contributed by atoms with E-state index < -0.39 is 49.2 Å². The molecule has 4 saturated carbocycles. The highest BCUT2D eigenvalue weighted by molar-refractivity contribution is 5.16. The Bertz CT molecular complexity index is 1000. The molecule has 42 heavy (non-hydrogen) atoms. The summed E-state index contributed by atoms with van der Waals surface area (Å²) in [5, 5.41) is 52.3. The van der Waals surface area contributed by atoms with Crippen LogP contribution in [-0.2, 0) is 18.9 Å². The maximum atomic E-state index is 11.8. The second-order valence-electron chi connectivity index (χ2n) is 16.0. The number of aliphatic hydroxyl groups is 5. The molecule has 0 unspecified atom stereocenters. The molecule has 0 aromatic rings. The smallest absolute Gasteiger partial charge is 0.186 e. The van der Waals surface area contributed by atoms with Crippen LogP contribution < -0.4 is 0 Å². The maximum Gasteiger partial charge on any atom is 0.186 e. The lowest BCUT2D eigenvalue weighted by Crippen LogP contribution is -2.62. The van der Waals surface area contributed by atoms with Gasteiger partial charge in [0.15, 0.2) is 12.1 Å². The molecule has 0 aromatic carbocycles. The van der Waals surface area contributed by atoms with Gasteiger partial charge in [-0.1, -0.05) is 27.7 Å². The Balaban J connectivity index is 1.05.